The van der Waals surface area contributed by atoms with Crippen molar-refractivity contribution < 1.29 is 9.59 Å². The minimum atomic E-state index is -0.322. The van der Waals surface area contributed by atoms with Gasteiger partial charge in [0.2, 0.25) is 11.8 Å². The summed E-state index contributed by atoms with van der Waals surface area (Å²) in [4.78, 5) is 25.5. The molecule has 2 amide bonds. The Morgan fingerprint density at radius 1 is 1.00 bits per heavy atom. The molecule has 0 bridgehead atoms. The van der Waals surface area contributed by atoms with E-state index in [-0.39, 0.29) is 24.3 Å². The number of carbonyl (C=O) groups is 2. The molecule has 0 saturated heterocycles. The highest BCUT2D eigenvalue weighted by Gasteiger charge is 2.20. The van der Waals surface area contributed by atoms with Gasteiger partial charge in [-0.1, -0.05) is 48.5 Å². The maximum Gasteiger partial charge on any atom is 0.229 e. The van der Waals surface area contributed by atoms with Crippen molar-refractivity contribution in [3.63, 3.8) is 0 Å². The molecule has 0 heterocycles. The standard InChI is InChI=1S/C18H20N2O2/c1-14(21)19-17(15-9-5-3-6-10-15)13-18(22)20(2)16-11-7-4-8-12-16/h3-12,17H,13H2,1-2H3,(H,19,21)/t17-/m1/s1. The van der Waals surface area contributed by atoms with E-state index < -0.39 is 0 Å². The lowest BCUT2D eigenvalue weighted by Crippen LogP contribution is -2.33. The van der Waals surface area contributed by atoms with Crippen LogP contribution >= 0.6 is 0 Å². The normalized spacial score (nSPS) is 11.5. The van der Waals surface area contributed by atoms with Gasteiger partial charge in [-0.25, -0.2) is 0 Å². The van der Waals surface area contributed by atoms with Crippen molar-refractivity contribution in [1.82, 2.24) is 5.32 Å². The van der Waals surface area contributed by atoms with E-state index in [9.17, 15) is 9.59 Å². The molecule has 4 heteroatoms. The molecule has 4 nitrogen and oxygen atoms in total. The Balaban J connectivity index is 2.13. The average molecular weight is 296 g/mol. The highest BCUT2D eigenvalue weighted by atomic mass is 16.2. The lowest BCUT2D eigenvalue weighted by molar-refractivity contribution is -0.121. The number of para-hydroxylation sites is 1. The fourth-order valence-corrected chi connectivity index (χ4v) is 2.29. The smallest absolute Gasteiger partial charge is 0.229 e. The quantitative estimate of drug-likeness (QED) is 0.922. The van der Waals surface area contributed by atoms with Crippen LogP contribution in [0.15, 0.2) is 60.7 Å². The van der Waals surface area contributed by atoms with E-state index in [2.05, 4.69) is 5.32 Å². The minimum absolute atomic E-state index is 0.0474. The van der Waals surface area contributed by atoms with Gasteiger partial charge in [-0.3, -0.25) is 9.59 Å². The monoisotopic (exact) mass is 296 g/mol. The van der Waals surface area contributed by atoms with Gasteiger partial charge in [0.1, 0.15) is 0 Å². The summed E-state index contributed by atoms with van der Waals surface area (Å²) in [6.07, 6.45) is 0.217. The van der Waals surface area contributed by atoms with Crippen LogP contribution in [-0.2, 0) is 9.59 Å². The number of nitrogens with zero attached hydrogens (tertiary/aromatic N) is 1. The van der Waals surface area contributed by atoms with Gasteiger partial charge < -0.3 is 10.2 Å². The van der Waals surface area contributed by atoms with E-state index in [0.29, 0.717) is 0 Å². The second kappa shape index (κ2) is 7.41. The zero-order chi connectivity index (χ0) is 15.9. The lowest BCUT2D eigenvalue weighted by Gasteiger charge is -2.22. The van der Waals surface area contributed by atoms with Crippen LogP contribution in [0.2, 0.25) is 0 Å². The third-order valence-electron chi connectivity index (χ3n) is 3.48. The third-order valence-corrected chi connectivity index (χ3v) is 3.48. The summed E-state index contributed by atoms with van der Waals surface area (Å²) in [6, 6.07) is 18.7. The first-order chi connectivity index (χ1) is 10.6. The molecule has 22 heavy (non-hydrogen) atoms. The van der Waals surface area contributed by atoms with Crippen molar-refractivity contribution in [2.24, 2.45) is 0 Å². The Kier molecular flexibility index (Phi) is 5.31. The van der Waals surface area contributed by atoms with Gasteiger partial charge in [0.25, 0.3) is 0 Å². The topological polar surface area (TPSA) is 49.4 Å². The number of hydrogen-bond acceptors (Lipinski definition) is 2. The van der Waals surface area contributed by atoms with Crippen molar-refractivity contribution in [2.75, 3.05) is 11.9 Å². The summed E-state index contributed by atoms with van der Waals surface area (Å²) < 4.78 is 0. The first kappa shape index (κ1) is 15.8. The van der Waals surface area contributed by atoms with Gasteiger partial charge in [0.05, 0.1) is 12.5 Å². The lowest BCUT2D eigenvalue weighted by atomic mass is 10.0. The summed E-state index contributed by atoms with van der Waals surface area (Å²) >= 11 is 0. The van der Waals surface area contributed by atoms with E-state index in [1.807, 2.05) is 60.7 Å². The fraction of sp³-hybridized carbons (Fsp3) is 0.222. The van der Waals surface area contributed by atoms with Crippen LogP contribution in [0.25, 0.3) is 0 Å². The predicted octanol–water partition coefficient (Wildman–Crippen LogP) is 2.92. The van der Waals surface area contributed by atoms with Gasteiger partial charge in [0.15, 0.2) is 0 Å². The Hall–Kier alpha value is -2.62. The van der Waals surface area contributed by atoms with Crippen molar-refractivity contribution in [1.29, 1.82) is 0 Å². The summed E-state index contributed by atoms with van der Waals surface area (Å²) in [6.45, 7) is 1.46. The highest BCUT2D eigenvalue weighted by Crippen LogP contribution is 2.20. The Morgan fingerprint density at radius 3 is 2.09 bits per heavy atom. The third kappa shape index (κ3) is 4.19. The maximum atomic E-state index is 12.5. The zero-order valence-electron chi connectivity index (χ0n) is 12.8. The van der Waals surface area contributed by atoms with Gasteiger partial charge in [0, 0.05) is 19.7 Å². The van der Waals surface area contributed by atoms with Crippen LogP contribution in [0.3, 0.4) is 0 Å². The van der Waals surface area contributed by atoms with Crippen molar-refractivity contribution in [2.45, 2.75) is 19.4 Å². The molecule has 0 aliphatic rings. The fourth-order valence-electron chi connectivity index (χ4n) is 2.29. The Bertz CT molecular complexity index is 626. The summed E-state index contributed by atoms with van der Waals surface area (Å²) in [7, 11) is 1.74. The van der Waals surface area contributed by atoms with E-state index in [4.69, 9.17) is 0 Å². The summed E-state index contributed by atoms with van der Waals surface area (Å²) in [5.41, 5.74) is 1.76. The van der Waals surface area contributed by atoms with Crippen molar-refractivity contribution >= 4 is 17.5 Å². The zero-order valence-corrected chi connectivity index (χ0v) is 12.8. The predicted molar refractivity (Wildman–Crippen MR) is 87.5 cm³/mol. The Labute approximate surface area is 130 Å². The molecule has 0 aliphatic carbocycles. The molecule has 2 rings (SSSR count). The number of anilines is 1. The molecular weight excluding hydrogens is 276 g/mol. The molecule has 1 N–H and O–H groups in total. The van der Waals surface area contributed by atoms with Crippen LogP contribution < -0.4 is 10.2 Å². The summed E-state index contributed by atoms with van der Waals surface area (Å²) in [5, 5.41) is 2.85. The van der Waals surface area contributed by atoms with E-state index >= 15 is 0 Å². The molecule has 0 spiro atoms. The first-order valence-electron chi connectivity index (χ1n) is 7.21. The largest absolute Gasteiger partial charge is 0.349 e. The average Bonchev–Trinajstić information content (AvgIpc) is 2.54. The molecule has 1 atom stereocenters. The highest BCUT2D eigenvalue weighted by molar-refractivity contribution is 5.93. The molecule has 2 aromatic rings. The summed E-state index contributed by atoms with van der Waals surface area (Å²) in [5.74, 6) is -0.196. The number of benzene rings is 2. The molecule has 0 saturated carbocycles. The second-order valence-electron chi connectivity index (χ2n) is 5.16. The molecule has 0 radical (unpaired) electrons. The van der Waals surface area contributed by atoms with Gasteiger partial charge >= 0.3 is 0 Å². The van der Waals surface area contributed by atoms with Crippen LogP contribution in [0.4, 0.5) is 5.69 Å². The van der Waals surface area contributed by atoms with E-state index in [0.717, 1.165) is 11.3 Å². The van der Waals surface area contributed by atoms with Crippen molar-refractivity contribution in [3.05, 3.63) is 66.2 Å². The molecule has 0 aromatic heterocycles. The van der Waals surface area contributed by atoms with Crippen LogP contribution in [0, 0.1) is 0 Å². The number of amides is 2. The van der Waals surface area contributed by atoms with Gasteiger partial charge in [-0.05, 0) is 17.7 Å². The van der Waals surface area contributed by atoms with Crippen LogP contribution in [-0.4, -0.2) is 18.9 Å². The molecular formula is C18H20N2O2. The number of rotatable bonds is 5. The molecule has 2 aromatic carbocycles. The Morgan fingerprint density at radius 2 is 1.55 bits per heavy atom. The van der Waals surface area contributed by atoms with Crippen LogP contribution in [0.5, 0.6) is 0 Å². The molecule has 0 unspecified atom stereocenters. The van der Waals surface area contributed by atoms with Gasteiger partial charge in [-0.15, -0.1) is 0 Å². The maximum absolute atomic E-state index is 12.5. The SMILES string of the molecule is CC(=O)N[C@H](CC(=O)N(C)c1ccccc1)c1ccccc1. The van der Waals surface area contributed by atoms with Gasteiger partial charge in [-0.2, -0.15) is 0 Å². The number of nitrogens with one attached hydrogen (secondary N) is 1. The van der Waals surface area contributed by atoms with Crippen LogP contribution in [0.1, 0.15) is 24.9 Å². The van der Waals surface area contributed by atoms with E-state index in [1.54, 1.807) is 11.9 Å². The molecule has 114 valence electrons. The number of hydrogen-bond donors (Lipinski definition) is 1. The van der Waals surface area contributed by atoms with Crippen molar-refractivity contribution in [3.8, 4) is 0 Å². The minimum Gasteiger partial charge on any atom is -0.349 e. The first-order valence-corrected chi connectivity index (χ1v) is 7.21. The number of carbonyl (C=O) groups excluding carboxylic acids is 2. The molecule has 0 aliphatic heterocycles. The van der Waals surface area contributed by atoms with E-state index in [1.165, 1.54) is 6.92 Å². The second-order valence-corrected chi connectivity index (χ2v) is 5.16. The molecule has 0 fully saturated rings.